The third kappa shape index (κ3) is 3.59. The molecule has 0 aliphatic carbocycles. The van der Waals surface area contributed by atoms with Crippen LogP contribution in [0.1, 0.15) is 26.6 Å². The summed E-state index contributed by atoms with van der Waals surface area (Å²) in [5, 5.41) is 5.64. The number of nitrogens with one attached hydrogen (secondary N) is 1. The number of hydrogen-bond acceptors (Lipinski definition) is 3. The van der Waals surface area contributed by atoms with Gasteiger partial charge >= 0.3 is 0 Å². The summed E-state index contributed by atoms with van der Waals surface area (Å²) in [5.41, 5.74) is 3.57. The first-order valence-electron chi connectivity index (χ1n) is 7.07. The van der Waals surface area contributed by atoms with Crippen LogP contribution >= 0.6 is 11.3 Å². The van der Waals surface area contributed by atoms with Crippen molar-refractivity contribution in [3.63, 3.8) is 0 Å². The lowest BCUT2D eigenvalue weighted by Gasteiger charge is -2.03. The zero-order valence-electron chi connectivity index (χ0n) is 12.2. The lowest BCUT2D eigenvalue weighted by atomic mass is 10.2. The lowest BCUT2D eigenvalue weighted by molar-refractivity contribution is 0.102. The number of aryl methyl sites for hydroxylation is 1. The Morgan fingerprint density at radius 2 is 1.95 bits per heavy atom. The van der Waals surface area contributed by atoms with Crippen molar-refractivity contribution in [2.75, 3.05) is 5.32 Å². The fourth-order valence-electron chi connectivity index (χ4n) is 2.18. The molecule has 110 valence electrons. The quantitative estimate of drug-likeness (QED) is 0.781. The summed E-state index contributed by atoms with van der Waals surface area (Å²) < 4.78 is 0. The van der Waals surface area contributed by atoms with Gasteiger partial charge in [-0.25, -0.2) is 4.98 Å². The van der Waals surface area contributed by atoms with E-state index in [0.717, 1.165) is 22.7 Å². The van der Waals surface area contributed by atoms with Crippen LogP contribution in [0.3, 0.4) is 0 Å². The highest BCUT2D eigenvalue weighted by Crippen LogP contribution is 2.16. The van der Waals surface area contributed by atoms with E-state index in [1.807, 2.05) is 54.8 Å². The van der Waals surface area contributed by atoms with Gasteiger partial charge < -0.3 is 5.32 Å². The molecule has 0 unspecified atom stereocenters. The van der Waals surface area contributed by atoms with Gasteiger partial charge in [-0.3, -0.25) is 4.79 Å². The van der Waals surface area contributed by atoms with Gasteiger partial charge in [0, 0.05) is 17.5 Å². The van der Waals surface area contributed by atoms with Crippen LogP contribution in [0.15, 0.2) is 60.0 Å². The van der Waals surface area contributed by atoms with E-state index < -0.39 is 0 Å². The van der Waals surface area contributed by atoms with Crippen molar-refractivity contribution >= 4 is 22.9 Å². The predicted molar refractivity (Wildman–Crippen MR) is 90.5 cm³/mol. The fourth-order valence-corrected chi connectivity index (χ4v) is 2.99. The minimum atomic E-state index is -0.166. The first-order valence-corrected chi connectivity index (χ1v) is 7.95. The molecule has 3 rings (SSSR count). The molecular formula is C18H16N2OS. The molecule has 0 aliphatic rings. The maximum absolute atomic E-state index is 12.2. The van der Waals surface area contributed by atoms with Crippen molar-refractivity contribution in [2.24, 2.45) is 0 Å². The van der Waals surface area contributed by atoms with Crippen molar-refractivity contribution in [2.45, 2.75) is 13.3 Å². The molecule has 1 amide bonds. The summed E-state index contributed by atoms with van der Waals surface area (Å²) in [6, 6.07) is 17.9. The Labute approximate surface area is 133 Å². The monoisotopic (exact) mass is 308 g/mol. The highest BCUT2D eigenvalue weighted by molar-refractivity contribution is 7.09. The lowest BCUT2D eigenvalue weighted by Crippen LogP contribution is -2.12. The van der Waals surface area contributed by atoms with Crippen molar-refractivity contribution < 1.29 is 4.79 Å². The zero-order chi connectivity index (χ0) is 15.4. The van der Waals surface area contributed by atoms with E-state index in [2.05, 4.69) is 22.4 Å². The molecule has 0 spiro atoms. The SMILES string of the molecule is Cc1cccc(NC(=O)c2csc(Cc3ccccc3)n2)c1. The second-order valence-corrected chi connectivity index (χ2v) is 6.06. The Hall–Kier alpha value is -2.46. The van der Waals surface area contributed by atoms with Gasteiger partial charge in [0.25, 0.3) is 5.91 Å². The standard InChI is InChI=1S/C18H16N2OS/c1-13-6-5-9-15(10-13)19-18(21)16-12-22-17(20-16)11-14-7-3-2-4-8-14/h2-10,12H,11H2,1H3,(H,19,21). The van der Waals surface area contributed by atoms with Gasteiger partial charge in [-0.2, -0.15) is 0 Å². The van der Waals surface area contributed by atoms with E-state index in [1.54, 1.807) is 0 Å². The highest BCUT2D eigenvalue weighted by Gasteiger charge is 2.11. The van der Waals surface area contributed by atoms with Gasteiger partial charge in [-0.15, -0.1) is 11.3 Å². The maximum Gasteiger partial charge on any atom is 0.275 e. The second kappa shape index (κ2) is 6.54. The van der Waals surface area contributed by atoms with Crippen LogP contribution in [0.4, 0.5) is 5.69 Å². The molecule has 1 heterocycles. The van der Waals surface area contributed by atoms with Crippen LogP contribution in [0.5, 0.6) is 0 Å². The summed E-state index contributed by atoms with van der Waals surface area (Å²) in [5.74, 6) is -0.166. The van der Waals surface area contributed by atoms with Crippen LogP contribution < -0.4 is 5.32 Å². The van der Waals surface area contributed by atoms with Gasteiger partial charge in [0.2, 0.25) is 0 Å². The summed E-state index contributed by atoms with van der Waals surface area (Å²) in [6.45, 7) is 2.00. The number of carbonyl (C=O) groups is 1. The highest BCUT2D eigenvalue weighted by atomic mass is 32.1. The molecule has 1 aromatic heterocycles. The first kappa shape index (κ1) is 14.5. The molecule has 0 fully saturated rings. The Kier molecular flexibility index (Phi) is 4.30. The number of carbonyl (C=O) groups excluding carboxylic acids is 1. The van der Waals surface area contributed by atoms with E-state index in [9.17, 15) is 4.79 Å². The number of hydrogen-bond donors (Lipinski definition) is 1. The van der Waals surface area contributed by atoms with Crippen LogP contribution in [0, 0.1) is 6.92 Å². The first-order chi connectivity index (χ1) is 10.7. The Bertz CT molecular complexity index is 781. The van der Waals surface area contributed by atoms with Crippen LogP contribution in [-0.4, -0.2) is 10.9 Å². The van der Waals surface area contributed by atoms with Crippen molar-refractivity contribution in [1.29, 1.82) is 0 Å². The summed E-state index contributed by atoms with van der Waals surface area (Å²) >= 11 is 1.51. The third-order valence-corrected chi connectivity index (χ3v) is 4.11. The topological polar surface area (TPSA) is 42.0 Å². The minimum Gasteiger partial charge on any atom is -0.321 e. The number of rotatable bonds is 4. The van der Waals surface area contributed by atoms with Crippen molar-refractivity contribution in [1.82, 2.24) is 4.98 Å². The molecule has 3 aromatic rings. The smallest absolute Gasteiger partial charge is 0.275 e. The fraction of sp³-hybridized carbons (Fsp3) is 0.111. The average Bonchev–Trinajstić information content (AvgIpc) is 2.97. The molecule has 0 radical (unpaired) electrons. The van der Waals surface area contributed by atoms with Crippen LogP contribution in [-0.2, 0) is 6.42 Å². The maximum atomic E-state index is 12.2. The van der Waals surface area contributed by atoms with Gasteiger partial charge in [-0.1, -0.05) is 42.5 Å². The molecule has 0 aliphatic heterocycles. The normalized spacial score (nSPS) is 10.4. The Morgan fingerprint density at radius 1 is 1.14 bits per heavy atom. The number of thiazole rings is 1. The number of aromatic nitrogens is 1. The predicted octanol–water partition coefficient (Wildman–Crippen LogP) is 4.29. The molecule has 2 aromatic carbocycles. The minimum absolute atomic E-state index is 0.166. The summed E-state index contributed by atoms with van der Waals surface area (Å²) in [4.78, 5) is 16.7. The molecule has 3 nitrogen and oxygen atoms in total. The van der Waals surface area contributed by atoms with E-state index in [1.165, 1.54) is 16.9 Å². The molecule has 1 N–H and O–H groups in total. The number of nitrogens with zero attached hydrogens (tertiary/aromatic N) is 1. The Morgan fingerprint density at radius 3 is 2.73 bits per heavy atom. The van der Waals surface area contributed by atoms with Crippen LogP contribution in [0.2, 0.25) is 0 Å². The van der Waals surface area contributed by atoms with Gasteiger partial charge in [-0.05, 0) is 30.2 Å². The van der Waals surface area contributed by atoms with Crippen molar-refractivity contribution in [3.8, 4) is 0 Å². The second-order valence-electron chi connectivity index (χ2n) is 5.11. The molecule has 0 saturated heterocycles. The number of amides is 1. The summed E-state index contributed by atoms with van der Waals surface area (Å²) in [6.07, 6.45) is 0.753. The molecule has 22 heavy (non-hydrogen) atoms. The molecule has 0 atom stereocenters. The van der Waals surface area contributed by atoms with Gasteiger partial charge in [0.15, 0.2) is 0 Å². The largest absolute Gasteiger partial charge is 0.321 e. The third-order valence-electron chi connectivity index (χ3n) is 3.26. The molecular weight excluding hydrogens is 292 g/mol. The molecule has 0 bridgehead atoms. The molecule has 4 heteroatoms. The van der Waals surface area contributed by atoms with E-state index in [0.29, 0.717) is 5.69 Å². The summed E-state index contributed by atoms with van der Waals surface area (Å²) in [7, 11) is 0. The van der Waals surface area contributed by atoms with Crippen molar-refractivity contribution in [3.05, 3.63) is 81.8 Å². The zero-order valence-corrected chi connectivity index (χ0v) is 13.1. The van der Waals surface area contributed by atoms with Gasteiger partial charge in [0.05, 0.1) is 5.01 Å². The van der Waals surface area contributed by atoms with Crippen LogP contribution in [0.25, 0.3) is 0 Å². The van der Waals surface area contributed by atoms with Gasteiger partial charge in [0.1, 0.15) is 5.69 Å². The van der Waals surface area contributed by atoms with E-state index in [-0.39, 0.29) is 5.91 Å². The Balaban J connectivity index is 1.69. The number of anilines is 1. The van der Waals surface area contributed by atoms with E-state index >= 15 is 0 Å². The molecule has 0 saturated carbocycles. The van der Waals surface area contributed by atoms with E-state index in [4.69, 9.17) is 0 Å². The average molecular weight is 308 g/mol. The number of benzene rings is 2.